The predicted molar refractivity (Wildman–Crippen MR) is 541 cm³/mol. The highest BCUT2D eigenvalue weighted by atomic mass is 35.5. The van der Waals surface area contributed by atoms with Crippen LogP contribution in [0.2, 0.25) is 77.7 Å². The fraction of sp³-hybridized carbons (Fsp3) is 0.346. The van der Waals surface area contributed by atoms with Crippen molar-refractivity contribution in [3.05, 3.63) is 305 Å². The molecule has 0 saturated carbocycles. The van der Waals surface area contributed by atoms with E-state index in [1.807, 2.05) is 104 Å². The number of aliphatic hydroxyl groups excluding tert-OH is 1. The maximum absolute atomic E-state index is 15.1. The zero-order valence-corrected chi connectivity index (χ0v) is 84.8. The van der Waals surface area contributed by atoms with Crippen LogP contribution in [0.5, 0.6) is 0 Å². The van der Waals surface area contributed by atoms with Crippen molar-refractivity contribution < 1.29 is 49.9 Å². The van der Waals surface area contributed by atoms with Crippen LogP contribution in [-0.2, 0) is 55.3 Å². The molecule has 0 aliphatic carbocycles. The third-order valence-electron chi connectivity index (χ3n) is 24.6. The molecule has 0 amide bonds. The van der Waals surface area contributed by atoms with Crippen LogP contribution in [0, 0.1) is 36.0 Å². The summed E-state index contributed by atoms with van der Waals surface area (Å²) >= 11 is 5.91. The third kappa shape index (κ3) is 29.5. The fourth-order valence-corrected chi connectivity index (χ4v) is 16.9. The Morgan fingerprint density at radius 1 is 0.374 bits per heavy atom. The molecule has 0 bridgehead atoms. The number of nitrogens with two attached hydrogens (primary N) is 4. The smallest absolute Gasteiger partial charge is 0.193 e. The van der Waals surface area contributed by atoms with E-state index in [1.165, 1.54) is 42.1 Å². The summed E-state index contributed by atoms with van der Waals surface area (Å²) in [6.07, 6.45) is 11.9. The first-order valence-electron chi connectivity index (χ1n) is 43.2. The zero-order valence-electron chi connectivity index (χ0n) is 80.0. The number of aromatic nitrogens is 7. The van der Waals surface area contributed by atoms with E-state index in [0.29, 0.717) is 62.9 Å². The van der Waals surface area contributed by atoms with Gasteiger partial charge in [0, 0.05) is 110 Å². The lowest BCUT2D eigenvalue weighted by molar-refractivity contribution is 0.0786. The minimum absolute atomic E-state index is 0. The lowest BCUT2D eigenvalue weighted by atomic mass is 9.95. The molecule has 0 aliphatic rings. The minimum atomic E-state index is -2.12. The summed E-state index contributed by atoms with van der Waals surface area (Å²) in [5, 5.41) is 19.6. The van der Waals surface area contributed by atoms with Gasteiger partial charge in [-0.05, 0) is 261 Å². The molecule has 7 aromatic heterocycles. The molecular formula is C104H135ClF5N11O6Si4. The van der Waals surface area contributed by atoms with Gasteiger partial charge in [-0.15, -0.1) is 0 Å². The first kappa shape index (κ1) is 108. The van der Waals surface area contributed by atoms with Gasteiger partial charge in [0.05, 0.1) is 37.6 Å². The molecule has 0 spiro atoms. The van der Waals surface area contributed by atoms with Gasteiger partial charge < -0.3 is 55.3 Å². The van der Waals surface area contributed by atoms with Gasteiger partial charge in [0.2, 0.25) is 0 Å². The summed E-state index contributed by atoms with van der Waals surface area (Å²) in [6, 6.07) is 56.5. The highest BCUT2D eigenvalue weighted by molar-refractivity contribution is 6.75. The number of aryl methyl sites for hydroxylation is 1. The van der Waals surface area contributed by atoms with Gasteiger partial charge in [-0.3, -0.25) is 4.98 Å². The molecule has 131 heavy (non-hydrogen) atoms. The molecule has 10 N–H and O–H groups in total. The number of aliphatic hydroxyl groups is 2. The molecule has 0 aliphatic heterocycles. The Balaban J connectivity index is 0.000000216. The van der Waals surface area contributed by atoms with Crippen LogP contribution < -0.4 is 22.9 Å². The summed E-state index contributed by atoms with van der Waals surface area (Å²) < 4.78 is 99.5. The van der Waals surface area contributed by atoms with Gasteiger partial charge in [-0.1, -0.05) is 175 Å². The Bertz CT molecular complexity index is 5920. The zero-order chi connectivity index (χ0) is 96.7. The molecule has 0 atom stereocenters. The lowest BCUT2D eigenvalue weighted by Crippen LogP contribution is -2.46. The number of halogens is 6. The van der Waals surface area contributed by atoms with Crippen LogP contribution in [-0.4, -0.2) is 77.8 Å². The maximum atomic E-state index is 15.1. The van der Waals surface area contributed by atoms with Crippen LogP contribution in [0.3, 0.4) is 0 Å². The molecule has 7 heterocycles. The van der Waals surface area contributed by atoms with Crippen LogP contribution in [0.15, 0.2) is 231 Å². The molecule has 17 nitrogen and oxygen atoms in total. The van der Waals surface area contributed by atoms with E-state index >= 15 is 4.39 Å². The van der Waals surface area contributed by atoms with Crippen molar-refractivity contribution in [2.75, 3.05) is 22.9 Å². The molecular weight excluding hydrogens is 1740 g/mol. The quantitative estimate of drug-likeness (QED) is 0.0306. The van der Waals surface area contributed by atoms with Crippen molar-refractivity contribution in [3.63, 3.8) is 0 Å². The van der Waals surface area contributed by atoms with Crippen molar-refractivity contribution in [2.24, 2.45) is 0 Å². The number of anilines is 4. The molecule has 13 rings (SSSR count). The molecule has 0 radical (unpaired) electrons. The summed E-state index contributed by atoms with van der Waals surface area (Å²) in [5.74, 6) is -0.717. The van der Waals surface area contributed by atoms with Gasteiger partial charge in [0.1, 0.15) is 63.2 Å². The van der Waals surface area contributed by atoms with Crippen LogP contribution in [0.25, 0.3) is 72.4 Å². The van der Waals surface area contributed by atoms with Crippen LogP contribution >= 0.6 is 11.6 Å². The second kappa shape index (κ2) is 44.4. The number of rotatable bonds is 20. The average molecular weight is 1880 g/mol. The Labute approximate surface area is 782 Å². The van der Waals surface area contributed by atoms with Crippen molar-refractivity contribution in [1.29, 1.82) is 0 Å². The summed E-state index contributed by atoms with van der Waals surface area (Å²) in [4.78, 5) is 24.7. The van der Waals surface area contributed by atoms with Gasteiger partial charge in [-0.25, -0.2) is 46.9 Å². The Hall–Kier alpha value is -10.5. The van der Waals surface area contributed by atoms with E-state index in [0.717, 1.165) is 61.3 Å². The number of hydrogen-bond donors (Lipinski definition) is 6. The highest BCUT2D eigenvalue weighted by Gasteiger charge is 2.43. The number of nitrogens with zero attached hydrogens (tertiary/aromatic N) is 7. The number of fused-ring (bicyclic) bond motifs is 1. The number of pyridine rings is 6. The van der Waals surface area contributed by atoms with E-state index in [1.54, 1.807) is 91.7 Å². The molecule has 0 fully saturated rings. The van der Waals surface area contributed by atoms with Crippen molar-refractivity contribution in [1.82, 2.24) is 34.3 Å². The Morgan fingerprint density at radius 2 is 0.733 bits per heavy atom. The normalized spacial score (nSPS) is 12.2. The molecule has 6 aromatic carbocycles. The van der Waals surface area contributed by atoms with E-state index < -0.39 is 62.1 Å². The fourth-order valence-electron chi connectivity index (χ4n) is 12.2. The van der Waals surface area contributed by atoms with Gasteiger partial charge in [0.15, 0.2) is 33.3 Å². The largest absolute Gasteiger partial charge is 0.412 e. The Kier molecular flexibility index (Phi) is 36.4. The van der Waals surface area contributed by atoms with Crippen LogP contribution in [0.1, 0.15) is 157 Å². The minimum Gasteiger partial charge on any atom is -0.412 e. The molecule has 700 valence electrons. The maximum Gasteiger partial charge on any atom is 0.193 e. The standard InChI is InChI=1S/C20H23ClF2N2OSi.C20H30N2OSi.C19H26FNOSi.C18H24F2N2OSi.C14H16N2O.C12H12N2O.CH4/c1-20(2,3)27(4,5)26-12-15-16(22)8-7-14(19(15)23)13-6-9-18-24-17(21)11-25(18)10-13;1-19(2,3)24(6,7)23-20(4,5)17-10-8-9-15(13-17)16-11-12-18(21)22-14-16;1-14-10-11-15(12-21-14)16-8-7-9-18(20)17(16)13-22-23(5,6)19(2,3)4;1-18(2,3)24(4,5)23-11-14-15(19)8-7-13(17(14)20)12-6-9-16(21)22-10-12;1-14(2,17)12-5-3-4-10(8-12)11-6-7-13(15)16-9-11;13-12-5-4-11(7-14-12)10-3-1-2-9(6-10)8-15;/h6-11H,12H2,1-5H3;8-14H,1-7H3,(H2,21,22);7-12H,13H2,1-6H3;6-10H,11H2,1-5H3,(H2,21,22);3-9,17H,1-2H3,(H2,15,16);1-7,15H,8H2,(H2,13,14);1H4. The van der Waals surface area contributed by atoms with Gasteiger partial charge >= 0.3 is 0 Å². The number of benzene rings is 6. The summed E-state index contributed by atoms with van der Waals surface area (Å²) in [6.45, 7) is 53.1. The number of imidazole rings is 1. The second-order valence-electron chi connectivity index (χ2n) is 39.5. The third-order valence-corrected chi connectivity index (χ3v) is 42.9. The van der Waals surface area contributed by atoms with E-state index in [9.17, 15) is 22.7 Å². The molecule has 0 saturated heterocycles. The van der Waals surface area contributed by atoms with Crippen molar-refractivity contribution >= 4 is 73.8 Å². The summed E-state index contributed by atoms with van der Waals surface area (Å²) in [5.41, 5.74) is 36.0. The van der Waals surface area contributed by atoms with E-state index in [2.05, 4.69) is 203 Å². The van der Waals surface area contributed by atoms with Crippen molar-refractivity contribution in [2.45, 2.75) is 235 Å². The summed E-state index contributed by atoms with van der Waals surface area (Å²) in [7, 11) is -8.01. The predicted octanol–water partition coefficient (Wildman–Crippen LogP) is 27.9. The van der Waals surface area contributed by atoms with E-state index in [4.69, 9.17) is 57.3 Å². The second-order valence-corrected chi connectivity index (χ2v) is 59.0. The van der Waals surface area contributed by atoms with Gasteiger partial charge in [0.25, 0.3) is 0 Å². The van der Waals surface area contributed by atoms with Gasteiger partial charge in [-0.2, -0.15) is 0 Å². The van der Waals surface area contributed by atoms with E-state index in [-0.39, 0.29) is 75.5 Å². The molecule has 27 heteroatoms. The first-order chi connectivity index (χ1) is 60.3. The SMILES string of the molecule is C.CC(C)(C)[Si](C)(C)OCc1c(F)ccc(-c2ccc(N)nc2)c1F.CC(C)(C)[Si](C)(C)OCc1c(F)ccc(-c2ccc3nc(Cl)cn3c2)c1F.CC(C)(O)c1cccc(-c2ccc(N)nc2)c1.CC(C)(O[Si](C)(C)C(C)(C)C)c1cccc(-c2ccc(N)nc2)c1.Cc1ccc(-c2cccc(F)c2CO[Si](C)(C)C(C)(C)C)cn1.Nc1ccc(-c2cccc(CO)c2)cn1. The topological polar surface area (TPSA) is 263 Å². The monoisotopic (exact) mass is 1880 g/mol. The molecule has 0 unspecified atom stereocenters. The molecule has 13 aromatic rings. The lowest BCUT2D eigenvalue weighted by Gasteiger charge is -2.43. The van der Waals surface area contributed by atoms with Crippen LogP contribution in [0.4, 0.5) is 45.2 Å². The van der Waals surface area contributed by atoms with Crippen molar-refractivity contribution in [3.8, 4) is 66.8 Å². The first-order valence-corrected chi connectivity index (χ1v) is 55.3. The number of nitrogen functional groups attached to an aromatic ring is 4. The Morgan fingerprint density at radius 3 is 1.14 bits per heavy atom. The number of hydrogen-bond acceptors (Lipinski definition) is 16. The average Bonchev–Trinajstić information content (AvgIpc) is 1.52. The highest BCUT2D eigenvalue weighted by Crippen LogP contribution is 2.45.